The van der Waals surface area contributed by atoms with Crippen LogP contribution in [0.5, 0.6) is 0 Å². The number of rotatable bonds is 5. The van der Waals surface area contributed by atoms with Crippen molar-refractivity contribution < 1.29 is 9.18 Å². The molecule has 118 valence electrons. The zero-order valence-electron chi connectivity index (χ0n) is 12.2. The van der Waals surface area contributed by atoms with Gasteiger partial charge in [-0.1, -0.05) is 6.07 Å². The van der Waals surface area contributed by atoms with Crippen molar-refractivity contribution in [3.05, 3.63) is 44.6 Å². The minimum Gasteiger partial charge on any atom is -0.351 e. The van der Waals surface area contributed by atoms with E-state index >= 15 is 0 Å². The lowest BCUT2D eigenvalue weighted by atomic mass is 10.2. The fourth-order valence-corrected chi connectivity index (χ4v) is 3.02. The van der Waals surface area contributed by atoms with Gasteiger partial charge in [-0.05, 0) is 54.1 Å². The van der Waals surface area contributed by atoms with Gasteiger partial charge >= 0.3 is 0 Å². The SMILES string of the molecule is CC(C)n1c(CCNC(=O)c2c(F)cccc2Br)n[nH]c1=S. The van der Waals surface area contributed by atoms with Crippen molar-refractivity contribution in [1.82, 2.24) is 20.1 Å². The Labute approximate surface area is 141 Å². The molecule has 0 unspecified atom stereocenters. The van der Waals surface area contributed by atoms with Crippen molar-refractivity contribution in [2.24, 2.45) is 0 Å². The van der Waals surface area contributed by atoms with Gasteiger partial charge in [0.25, 0.3) is 5.91 Å². The van der Waals surface area contributed by atoms with Gasteiger partial charge in [0.2, 0.25) is 0 Å². The fourth-order valence-electron chi connectivity index (χ4n) is 2.14. The quantitative estimate of drug-likeness (QED) is 0.774. The van der Waals surface area contributed by atoms with Crippen LogP contribution < -0.4 is 5.32 Å². The highest BCUT2D eigenvalue weighted by molar-refractivity contribution is 9.10. The monoisotopic (exact) mass is 386 g/mol. The van der Waals surface area contributed by atoms with Crippen LogP contribution in [0.1, 0.15) is 36.1 Å². The van der Waals surface area contributed by atoms with Crippen LogP contribution in [0.3, 0.4) is 0 Å². The summed E-state index contributed by atoms with van der Waals surface area (Å²) in [5.74, 6) is -0.264. The number of halogens is 2. The van der Waals surface area contributed by atoms with Gasteiger partial charge in [-0.3, -0.25) is 9.89 Å². The van der Waals surface area contributed by atoms with Gasteiger partial charge in [0.15, 0.2) is 4.77 Å². The zero-order valence-corrected chi connectivity index (χ0v) is 14.6. The standard InChI is InChI=1S/C14H16BrFN4OS/c1-8(2)20-11(18-19-14(20)22)6-7-17-13(21)12-9(15)4-3-5-10(12)16/h3-5,8H,6-7H2,1-2H3,(H,17,21)(H,19,22). The molecule has 5 nitrogen and oxygen atoms in total. The molecule has 0 aliphatic carbocycles. The predicted octanol–water partition coefficient (Wildman–Crippen LogP) is 3.40. The van der Waals surface area contributed by atoms with E-state index in [2.05, 4.69) is 31.4 Å². The molecule has 22 heavy (non-hydrogen) atoms. The summed E-state index contributed by atoms with van der Waals surface area (Å²) in [6, 6.07) is 4.60. The maximum atomic E-state index is 13.7. The van der Waals surface area contributed by atoms with E-state index in [1.54, 1.807) is 6.07 Å². The highest BCUT2D eigenvalue weighted by Crippen LogP contribution is 2.19. The van der Waals surface area contributed by atoms with Crippen LogP contribution in [-0.2, 0) is 6.42 Å². The summed E-state index contributed by atoms with van der Waals surface area (Å²) in [5, 5.41) is 9.59. The molecule has 1 heterocycles. The largest absolute Gasteiger partial charge is 0.351 e. The first-order valence-electron chi connectivity index (χ1n) is 6.79. The van der Waals surface area contributed by atoms with E-state index in [1.807, 2.05) is 18.4 Å². The molecule has 0 radical (unpaired) electrons. The number of nitrogens with one attached hydrogen (secondary N) is 2. The Morgan fingerprint density at radius 3 is 2.91 bits per heavy atom. The number of hydrogen-bond donors (Lipinski definition) is 2. The molecule has 0 atom stereocenters. The predicted molar refractivity (Wildman–Crippen MR) is 87.9 cm³/mol. The van der Waals surface area contributed by atoms with Crippen LogP contribution in [0.25, 0.3) is 0 Å². The molecular weight excluding hydrogens is 371 g/mol. The molecular formula is C14H16BrFN4OS. The van der Waals surface area contributed by atoms with Gasteiger partial charge < -0.3 is 9.88 Å². The Hall–Kier alpha value is -1.54. The third-order valence-electron chi connectivity index (χ3n) is 3.12. The highest BCUT2D eigenvalue weighted by atomic mass is 79.9. The van der Waals surface area contributed by atoms with Gasteiger partial charge in [0.05, 0.1) is 5.56 Å². The number of aromatic amines is 1. The molecule has 2 aromatic rings. The molecule has 2 N–H and O–H groups in total. The Balaban J connectivity index is 2.03. The Bertz CT molecular complexity index is 720. The number of nitrogens with zero attached hydrogens (tertiary/aromatic N) is 2. The van der Waals surface area contributed by atoms with E-state index in [0.717, 1.165) is 5.82 Å². The summed E-state index contributed by atoms with van der Waals surface area (Å²) in [6.45, 7) is 4.35. The molecule has 0 aliphatic heterocycles. The lowest BCUT2D eigenvalue weighted by molar-refractivity contribution is 0.0949. The third kappa shape index (κ3) is 3.61. The van der Waals surface area contributed by atoms with Gasteiger partial charge in [-0.15, -0.1) is 0 Å². The summed E-state index contributed by atoms with van der Waals surface area (Å²) in [5.41, 5.74) is 0.00484. The normalized spacial score (nSPS) is 11.0. The summed E-state index contributed by atoms with van der Waals surface area (Å²) >= 11 is 8.35. The van der Waals surface area contributed by atoms with Crippen LogP contribution in [0.2, 0.25) is 0 Å². The molecule has 1 aromatic heterocycles. The number of carbonyl (C=O) groups excluding carboxylic acids is 1. The van der Waals surface area contributed by atoms with Crippen molar-refractivity contribution in [1.29, 1.82) is 0 Å². The number of H-pyrrole nitrogens is 1. The van der Waals surface area contributed by atoms with Crippen LogP contribution in [0.4, 0.5) is 4.39 Å². The van der Waals surface area contributed by atoms with E-state index in [1.165, 1.54) is 12.1 Å². The number of aromatic nitrogens is 3. The molecule has 0 fully saturated rings. The molecule has 2 rings (SSSR count). The minimum absolute atomic E-state index is 0.00484. The van der Waals surface area contributed by atoms with E-state index in [4.69, 9.17) is 12.2 Å². The van der Waals surface area contributed by atoms with Crippen molar-refractivity contribution in [2.45, 2.75) is 26.3 Å². The second-order valence-electron chi connectivity index (χ2n) is 5.01. The molecule has 0 saturated carbocycles. The zero-order chi connectivity index (χ0) is 16.3. The molecule has 0 bridgehead atoms. The lowest BCUT2D eigenvalue weighted by Crippen LogP contribution is -2.27. The maximum Gasteiger partial charge on any atom is 0.255 e. The number of carbonyl (C=O) groups is 1. The van der Waals surface area contributed by atoms with Crippen LogP contribution in [0, 0.1) is 10.6 Å². The first-order valence-corrected chi connectivity index (χ1v) is 8.00. The number of benzene rings is 1. The third-order valence-corrected chi connectivity index (χ3v) is 4.07. The smallest absolute Gasteiger partial charge is 0.255 e. The minimum atomic E-state index is -0.559. The van der Waals surface area contributed by atoms with Crippen molar-refractivity contribution >= 4 is 34.1 Å². The number of amides is 1. The second kappa shape index (κ2) is 7.15. The topological polar surface area (TPSA) is 62.7 Å². The molecule has 1 aromatic carbocycles. The van der Waals surface area contributed by atoms with Crippen LogP contribution in [-0.4, -0.2) is 27.2 Å². The molecule has 8 heteroatoms. The van der Waals surface area contributed by atoms with E-state index in [0.29, 0.717) is 22.2 Å². The Kier molecular flexibility index (Phi) is 5.47. The van der Waals surface area contributed by atoms with Gasteiger partial charge in [-0.2, -0.15) is 5.10 Å². The van der Waals surface area contributed by atoms with Crippen molar-refractivity contribution in [3.8, 4) is 0 Å². The first-order chi connectivity index (χ1) is 10.4. The Morgan fingerprint density at radius 1 is 1.55 bits per heavy atom. The fraction of sp³-hybridized carbons (Fsp3) is 0.357. The average molecular weight is 387 g/mol. The first kappa shape index (κ1) is 16.8. The van der Waals surface area contributed by atoms with Gasteiger partial charge in [0, 0.05) is 23.5 Å². The Morgan fingerprint density at radius 2 is 2.27 bits per heavy atom. The molecule has 0 aliphatic rings. The highest BCUT2D eigenvalue weighted by Gasteiger charge is 2.15. The second-order valence-corrected chi connectivity index (χ2v) is 6.25. The van der Waals surface area contributed by atoms with Gasteiger partial charge in [0.1, 0.15) is 11.6 Å². The van der Waals surface area contributed by atoms with Crippen LogP contribution >= 0.6 is 28.1 Å². The van der Waals surface area contributed by atoms with Crippen molar-refractivity contribution in [2.75, 3.05) is 6.54 Å². The number of hydrogen-bond acceptors (Lipinski definition) is 3. The van der Waals surface area contributed by atoms with Gasteiger partial charge in [-0.25, -0.2) is 4.39 Å². The van der Waals surface area contributed by atoms with E-state index in [9.17, 15) is 9.18 Å². The van der Waals surface area contributed by atoms with E-state index in [-0.39, 0.29) is 11.6 Å². The lowest BCUT2D eigenvalue weighted by Gasteiger charge is -2.11. The van der Waals surface area contributed by atoms with E-state index < -0.39 is 11.7 Å². The average Bonchev–Trinajstić information content (AvgIpc) is 2.80. The molecule has 0 saturated heterocycles. The maximum absolute atomic E-state index is 13.7. The van der Waals surface area contributed by atoms with Crippen LogP contribution in [0.15, 0.2) is 22.7 Å². The summed E-state index contributed by atoms with van der Waals surface area (Å²) in [7, 11) is 0. The van der Waals surface area contributed by atoms with Crippen molar-refractivity contribution in [3.63, 3.8) is 0 Å². The molecule has 1 amide bonds. The summed E-state index contributed by atoms with van der Waals surface area (Å²) in [4.78, 5) is 12.1. The summed E-state index contributed by atoms with van der Waals surface area (Å²) < 4.78 is 16.6. The molecule has 0 spiro atoms. The summed E-state index contributed by atoms with van der Waals surface area (Å²) in [6.07, 6.45) is 0.503.